The van der Waals surface area contributed by atoms with E-state index < -0.39 is 6.04 Å². The van der Waals surface area contributed by atoms with Gasteiger partial charge in [0.1, 0.15) is 0 Å². The lowest BCUT2D eigenvalue weighted by atomic mass is 9.81. The Morgan fingerprint density at radius 2 is 2.53 bits per heavy atom. The molecule has 2 aliphatic heterocycles. The van der Waals surface area contributed by atoms with E-state index in [1.165, 1.54) is 0 Å². The second kappa shape index (κ2) is 5.69. The molecule has 2 saturated heterocycles. The molecule has 0 bridgehead atoms. The summed E-state index contributed by atoms with van der Waals surface area (Å²) in [7, 11) is 1.58. The Bertz CT molecular complexity index is 279. The fraction of sp³-hybridized carbons (Fsp3) is 0.917. The van der Waals surface area contributed by atoms with Gasteiger partial charge in [0, 0.05) is 25.4 Å². The van der Waals surface area contributed by atoms with Crippen molar-refractivity contribution in [3.8, 4) is 0 Å². The highest BCUT2D eigenvalue weighted by Crippen LogP contribution is 2.40. The summed E-state index contributed by atoms with van der Waals surface area (Å²) in [5.41, 5.74) is 5.78. The van der Waals surface area contributed by atoms with E-state index in [1.807, 2.05) is 11.8 Å². The molecule has 0 radical (unpaired) electrons. The molecule has 2 rings (SSSR count). The summed E-state index contributed by atoms with van der Waals surface area (Å²) in [6, 6.07) is -0.478. The number of carbonyl (C=O) groups is 1. The molecule has 0 saturated carbocycles. The number of methoxy groups -OCH3 is 1. The van der Waals surface area contributed by atoms with Crippen molar-refractivity contribution in [1.82, 2.24) is 0 Å². The molecule has 0 aromatic carbocycles. The third kappa shape index (κ3) is 3.02. The predicted molar refractivity (Wildman–Crippen MR) is 68.2 cm³/mol. The minimum atomic E-state index is -0.478. The number of thioether (sulfide) groups is 1. The fourth-order valence-corrected chi connectivity index (χ4v) is 4.08. The van der Waals surface area contributed by atoms with Gasteiger partial charge in [-0.15, -0.1) is 0 Å². The number of hydrogen-bond donors (Lipinski definition) is 1. The average Bonchev–Trinajstić information content (AvgIpc) is 2.76. The van der Waals surface area contributed by atoms with Gasteiger partial charge in [-0.25, -0.2) is 0 Å². The first kappa shape index (κ1) is 13.3. The lowest BCUT2D eigenvalue weighted by molar-refractivity contribution is -0.136. The zero-order chi connectivity index (χ0) is 12.3. The van der Waals surface area contributed by atoms with Gasteiger partial charge in [-0.3, -0.25) is 4.79 Å². The Labute approximate surface area is 107 Å². The van der Waals surface area contributed by atoms with Gasteiger partial charge >= 0.3 is 0 Å². The van der Waals surface area contributed by atoms with E-state index >= 15 is 0 Å². The van der Waals surface area contributed by atoms with E-state index in [0.717, 1.165) is 30.8 Å². The van der Waals surface area contributed by atoms with Crippen LogP contribution in [0.4, 0.5) is 0 Å². The molecular formula is C12H21NO3S. The van der Waals surface area contributed by atoms with E-state index in [2.05, 4.69) is 0 Å². The molecule has 3 unspecified atom stereocenters. The number of ketones is 1. The molecule has 2 aliphatic rings. The number of carbonyl (C=O) groups excluding carboxylic acids is 1. The molecule has 17 heavy (non-hydrogen) atoms. The second-order valence-electron chi connectivity index (χ2n) is 4.99. The molecule has 0 amide bonds. The van der Waals surface area contributed by atoms with Crippen LogP contribution in [0, 0.1) is 5.92 Å². The predicted octanol–water partition coefficient (Wildman–Crippen LogP) is 0.831. The van der Waals surface area contributed by atoms with E-state index in [0.29, 0.717) is 13.2 Å². The third-order valence-electron chi connectivity index (χ3n) is 3.67. The summed E-state index contributed by atoms with van der Waals surface area (Å²) < 4.78 is 10.9. The van der Waals surface area contributed by atoms with Gasteiger partial charge in [-0.2, -0.15) is 11.8 Å². The standard InChI is InChI=1S/C12H21NO3S/c1-15-7-10(13)11(14)9-2-4-16-12(6-9)3-5-17-8-12/h9-10H,2-8,13H2,1H3. The van der Waals surface area contributed by atoms with Crippen molar-refractivity contribution in [3.05, 3.63) is 0 Å². The van der Waals surface area contributed by atoms with Crippen molar-refractivity contribution in [2.24, 2.45) is 11.7 Å². The molecule has 1 spiro atoms. The van der Waals surface area contributed by atoms with Crippen molar-refractivity contribution in [2.75, 3.05) is 31.8 Å². The molecule has 98 valence electrons. The number of hydrogen-bond acceptors (Lipinski definition) is 5. The number of Topliss-reactive ketones (excluding diaryl/α,β-unsaturated/α-hetero) is 1. The van der Waals surface area contributed by atoms with Crippen LogP contribution in [0.15, 0.2) is 0 Å². The maximum atomic E-state index is 12.2. The maximum Gasteiger partial charge on any atom is 0.155 e. The second-order valence-corrected chi connectivity index (χ2v) is 6.09. The fourth-order valence-electron chi connectivity index (χ4n) is 2.70. The van der Waals surface area contributed by atoms with E-state index in [9.17, 15) is 4.79 Å². The van der Waals surface area contributed by atoms with Crippen LogP contribution in [-0.2, 0) is 14.3 Å². The number of rotatable bonds is 4. The molecular weight excluding hydrogens is 238 g/mol. The van der Waals surface area contributed by atoms with Crippen LogP contribution in [0.2, 0.25) is 0 Å². The van der Waals surface area contributed by atoms with E-state index in [1.54, 1.807) is 7.11 Å². The number of nitrogens with two attached hydrogens (primary N) is 1. The topological polar surface area (TPSA) is 61.5 Å². The van der Waals surface area contributed by atoms with Crippen LogP contribution >= 0.6 is 11.8 Å². The Balaban J connectivity index is 1.94. The molecule has 5 heteroatoms. The van der Waals surface area contributed by atoms with Gasteiger partial charge in [0.25, 0.3) is 0 Å². The van der Waals surface area contributed by atoms with Crippen molar-refractivity contribution >= 4 is 17.5 Å². The quantitative estimate of drug-likeness (QED) is 0.810. The Morgan fingerprint density at radius 1 is 1.71 bits per heavy atom. The van der Waals surface area contributed by atoms with Gasteiger partial charge < -0.3 is 15.2 Å². The first-order chi connectivity index (χ1) is 8.17. The molecule has 4 nitrogen and oxygen atoms in total. The van der Waals surface area contributed by atoms with Crippen molar-refractivity contribution in [1.29, 1.82) is 0 Å². The van der Waals surface area contributed by atoms with Gasteiger partial charge in [0.05, 0.1) is 18.2 Å². The summed E-state index contributed by atoms with van der Waals surface area (Å²) in [4.78, 5) is 12.2. The summed E-state index contributed by atoms with van der Waals surface area (Å²) >= 11 is 1.92. The first-order valence-corrected chi connectivity index (χ1v) is 7.32. The van der Waals surface area contributed by atoms with Crippen molar-refractivity contribution in [2.45, 2.75) is 30.9 Å². The Morgan fingerprint density at radius 3 is 3.18 bits per heavy atom. The largest absolute Gasteiger partial charge is 0.383 e. The first-order valence-electron chi connectivity index (χ1n) is 6.17. The lowest BCUT2D eigenvalue weighted by Gasteiger charge is -2.37. The van der Waals surface area contributed by atoms with Gasteiger partial charge in [-0.1, -0.05) is 0 Å². The van der Waals surface area contributed by atoms with Crippen LogP contribution in [0.25, 0.3) is 0 Å². The van der Waals surface area contributed by atoms with Crippen LogP contribution in [0.5, 0.6) is 0 Å². The van der Waals surface area contributed by atoms with Crippen molar-refractivity contribution in [3.63, 3.8) is 0 Å². The minimum absolute atomic E-state index is 0.0456. The maximum absolute atomic E-state index is 12.2. The monoisotopic (exact) mass is 259 g/mol. The number of ether oxygens (including phenoxy) is 2. The molecule has 2 heterocycles. The van der Waals surface area contributed by atoms with Crippen LogP contribution in [0.3, 0.4) is 0 Å². The van der Waals surface area contributed by atoms with Crippen molar-refractivity contribution < 1.29 is 14.3 Å². The molecule has 0 aliphatic carbocycles. The molecule has 0 aromatic heterocycles. The zero-order valence-electron chi connectivity index (χ0n) is 10.3. The molecule has 2 N–H and O–H groups in total. The van der Waals surface area contributed by atoms with Crippen LogP contribution in [0.1, 0.15) is 19.3 Å². The molecule has 0 aromatic rings. The SMILES string of the molecule is COCC(N)C(=O)C1CCOC2(CCSC2)C1. The lowest BCUT2D eigenvalue weighted by Crippen LogP contribution is -2.47. The van der Waals surface area contributed by atoms with E-state index in [4.69, 9.17) is 15.2 Å². The average molecular weight is 259 g/mol. The van der Waals surface area contributed by atoms with Crippen LogP contribution < -0.4 is 5.73 Å². The van der Waals surface area contributed by atoms with Gasteiger partial charge in [-0.05, 0) is 25.0 Å². The molecule has 3 atom stereocenters. The Hall–Kier alpha value is -0.100. The summed E-state index contributed by atoms with van der Waals surface area (Å²) in [5.74, 6) is 2.38. The minimum Gasteiger partial charge on any atom is -0.383 e. The smallest absolute Gasteiger partial charge is 0.155 e. The summed E-state index contributed by atoms with van der Waals surface area (Å²) in [6.45, 7) is 1.01. The van der Waals surface area contributed by atoms with E-state index in [-0.39, 0.29) is 17.3 Å². The highest BCUT2D eigenvalue weighted by atomic mass is 32.2. The summed E-state index contributed by atoms with van der Waals surface area (Å²) in [5, 5.41) is 0. The normalized spacial score (nSPS) is 35.1. The summed E-state index contributed by atoms with van der Waals surface area (Å²) in [6.07, 6.45) is 2.72. The van der Waals surface area contributed by atoms with Gasteiger partial charge in [0.15, 0.2) is 5.78 Å². The molecule has 2 fully saturated rings. The Kier molecular flexibility index (Phi) is 4.47. The van der Waals surface area contributed by atoms with Gasteiger partial charge in [0.2, 0.25) is 0 Å². The highest BCUT2D eigenvalue weighted by molar-refractivity contribution is 7.99. The highest BCUT2D eigenvalue weighted by Gasteiger charge is 2.43. The van der Waals surface area contributed by atoms with Crippen LogP contribution in [-0.4, -0.2) is 49.3 Å². The zero-order valence-corrected chi connectivity index (χ0v) is 11.1. The third-order valence-corrected chi connectivity index (χ3v) is 4.90.